The Labute approximate surface area is 114 Å². The van der Waals surface area contributed by atoms with Crippen LogP contribution in [0.1, 0.15) is 40.0 Å². The van der Waals surface area contributed by atoms with Crippen LogP contribution in [0.3, 0.4) is 0 Å². The summed E-state index contributed by atoms with van der Waals surface area (Å²) in [6, 6.07) is 5.84. The van der Waals surface area contributed by atoms with Gasteiger partial charge in [0.1, 0.15) is 11.6 Å². The van der Waals surface area contributed by atoms with Crippen molar-refractivity contribution in [2.24, 2.45) is 0 Å². The number of halogens is 1. The minimum Gasteiger partial charge on any atom is -0.481 e. The summed E-state index contributed by atoms with van der Waals surface area (Å²) in [5.74, 6) is 0.0701. The molecule has 106 valence electrons. The maximum Gasteiger partial charge on any atom is 0.261 e. The molecule has 4 heteroatoms. The standard InChI is InChI=1S/C15H22FNO2/c1-4-6-11(3)17-15(18)14(5-2)19-13-9-7-12(16)8-10-13/h7-11,14H,4-6H2,1-3H3,(H,17,18)/t11-,14+/m1/s1. The highest BCUT2D eigenvalue weighted by Gasteiger charge is 2.19. The third kappa shape index (κ3) is 5.28. The van der Waals surface area contributed by atoms with E-state index in [0.29, 0.717) is 12.2 Å². The minimum absolute atomic E-state index is 0.118. The summed E-state index contributed by atoms with van der Waals surface area (Å²) < 4.78 is 18.4. The van der Waals surface area contributed by atoms with Gasteiger partial charge in [-0.3, -0.25) is 4.79 Å². The number of rotatable bonds is 7. The van der Waals surface area contributed by atoms with E-state index in [-0.39, 0.29) is 17.8 Å². The first-order valence-electron chi connectivity index (χ1n) is 6.79. The van der Waals surface area contributed by atoms with Gasteiger partial charge in [0.2, 0.25) is 0 Å². The maximum absolute atomic E-state index is 12.8. The summed E-state index contributed by atoms with van der Waals surface area (Å²) >= 11 is 0. The van der Waals surface area contributed by atoms with Crippen LogP contribution in [0.4, 0.5) is 4.39 Å². The molecule has 0 aromatic heterocycles. The Bertz CT molecular complexity index is 392. The average Bonchev–Trinajstić information content (AvgIpc) is 2.38. The SMILES string of the molecule is CCC[C@@H](C)NC(=O)[C@H](CC)Oc1ccc(F)cc1. The van der Waals surface area contributed by atoms with E-state index in [1.54, 1.807) is 0 Å². The zero-order chi connectivity index (χ0) is 14.3. The third-order valence-corrected chi connectivity index (χ3v) is 2.87. The lowest BCUT2D eigenvalue weighted by atomic mass is 10.1. The van der Waals surface area contributed by atoms with Crippen LogP contribution in [0.5, 0.6) is 5.75 Å². The van der Waals surface area contributed by atoms with Crippen LogP contribution in [-0.2, 0) is 4.79 Å². The second-order valence-corrected chi connectivity index (χ2v) is 4.67. The summed E-state index contributed by atoms with van der Waals surface area (Å²) in [7, 11) is 0. The Morgan fingerprint density at radius 1 is 1.32 bits per heavy atom. The molecule has 0 aliphatic carbocycles. The first-order chi connectivity index (χ1) is 9.06. The predicted molar refractivity (Wildman–Crippen MR) is 73.6 cm³/mol. The summed E-state index contributed by atoms with van der Waals surface area (Å²) in [5, 5.41) is 2.93. The van der Waals surface area contributed by atoms with Gasteiger partial charge in [0.25, 0.3) is 5.91 Å². The number of carbonyl (C=O) groups is 1. The quantitative estimate of drug-likeness (QED) is 0.823. The second kappa shape index (κ2) is 7.77. The van der Waals surface area contributed by atoms with E-state index in [1.807, 2.05) is 13.8 Å². The molecule has 1 rings (SSSR count). The highest BCUT2D eigenvalue weighted by atomic mass is 19.1. The predicted octanol–water partition coefficient (Wildman–Crippen LogP) is 3.29. The van der Waals surface area contributed by atoms with Gasteiger partial charge in [-0.2, -0.15) is 0 Å². The van der Waals surface area contributed by atoms with Crippen LogP contribution >= 0.6 is 0 Å². The van der Waals surface area contributed by atoms with E-state index in [9.17, 15) is 9.18 Å². The molecule has 0 radical (unpaired) electrons. The molecular formula is C15H22FNO2. The van der Waals surface area contributed by atoms with Crippen molar-refractivity contribution < 1.29 is 13.9 Å². The van der Waals surface area contributed by atoms with Gasteiger partial charge in [0.15, 0.2) is 6.10 Å². The molecule has 2 atom stereocenters. The molecule has 0 bridgehead atoms. The number of hydrogen-bond donors (Lipinski definition) is 1. The highest BCUT2D eigenvalue weighted by molar-refractivity contribution is 5.81. The van der Waals surface area contributed by atoms with Crippen molar-refractivity contribution >= 4 is 5.91 Å². The molecule has 1 amide bonds. The van der Waals surface area contributed by atoms with Gasteiger partial charge in [-0.25, -0.2) is 4.39 Å². The van der Waals surface area contributed by atoms with Gasteiger partial charge >= 0.3 is 0 Å². The zero-order valence-electron chi connectivity index (χ0n) is 11.8. The van der Waals surface area contributed by atoms with Gasteiger partial charge in [-0.05, 0) is 44.0 Å². The second-order valence-electron chi connectivity index (χ2n) is 4.67. The van der Waals surface area contributed by atoms with Crippen molar-refractivity contribution in [1.29, 1.82) is 0 Å². The minimum atomic E-state index is -0.537. The molecule has 0 saturated heterocycles. The van der Waals surface area contributed by atoms with Crippen LogP contribution < -0.4 is 10.1 Å². The van der Waals surface area contributed by atoms with E-state index in [0.717, 1.165) is 12.8 Å². The highest BCUT2D eigenvalue weighted by Crippen LogP contribution is 2.14. The first kappa shape index (κ1) is 15.5. The summed E-state index contributed by atoms with van der Waals surface area (Å²) in [6.07, 6.45) is 2.00. The van der Waals surface area contributed by atoms with Crippen LogP contribution in [0.2, 0.25) is 0 Å². The average molecular weight is 267 g/mol. The van der Waals surface area contributed by atoms with E-state index in [1.165, 1.54) is 24.3 Å². The molecule has 3 nitrogen and oxygen atoms in total. The van der Waals surface area contributed by atoms with Crippen LogP contribution in [0, 0.1) is 5.82 Å². The largest absolute Gasteiger partial charge is 0.481 e. The Kier molecular flexibility index (Phi) is 6.33. The molecule has 1 N–H and O–H groups in total. The molecule has 19 heavy (non-hydrogen) atoms. The molecule has 0 saturated carbocycles. The van der Waals surface area contributed by atoms with Crippen molar-refractivity contribution in [3.63, 3.8) is 0 Å². The number of nitrogens with one attached hydrogen (secondary N) is 1. The topological polar surface area (TPSA) is 38.3 Å². The van der Waals surface area contributed by atoms with E-state index < -0.39 is 6.10 Å². The summed E-state index contributed by atoms with van der Waals surface area (Å²) in [4.78, 5) is 12.0. The fourth-order valence-corrected chi connectivity index (χ4v) is 1.84. The summed E-state index contributed by atoms with van der Waals surface area (Å²) in [6.45, 7) is 5.94. The van der Waals surface area contributed by atoms with Gasteiger partial charge in [-0.1, -0.05) is 20.3 Å². The summed E-state index contributed by atoms with van der Waals surface area (Å²) in [5.41, 5.74) is 0. The van der Waals surface area contributed by atoms with E-state index >= 15 is 0 Å². The van der Waals surface area contributed by atoms with E-state index in [2.05, 4.69) is 12.2 Å². The molecule has 0 heterocycles. The third-order valence-electron chi connectivity index (χ3n) is 2.87. The van der Waals surface area contributed by atoms with Crippen LogP contribution in [0.15, 0.2) is 24.3 Å². The van der Waals surface area contributed by atoms with Crippen molar-refractivity contribution in [3.8, 4) is 5.75 Å². The van der Waals surface area contributed by atoms with Gasteiger partial charge in [0, 0.05) is 6.04 Å². The number of hydrogen-bond acceptors (Lipinski definition) is 2. The number of amides is 1. The van der Waals surface area contributed by atoms with Crippen molar-refractivity contribution in [2.45, 2.75) is 52.2 Å². The fourth-order valence-electron chi connectivity index (χ4n) is 1.84. The Morgan fingerprint density at radius 2 is 1.95 bits per heavy atom. The van der Waals surface area contributed by atoms with Crippen molar-refractivity contribution in [1.82, 2.24) is 5.32 Å². The number of carbonyl (C=O) groups excluding carboxylic acids is 1. The monoisotopic (exact) mass is 267 g/mol. The zero-order valence-corrected chi connectivity index (χ0v) is 11.8. The Morgan fingerprint density at radius 3 is 2.47 bits per heavy atom. The Balaban J connectivity index is 2.57. The van der Waals surface area contributed by atoms with Crippen LogP contribution in [-0.4, -0.2) is 18.1 Å². The molecule has 0 spiro atoms. The maximum atomic E-state index is 12.8. The Hall–Kier alpha value is -1.58. The molecule has 1 aromatic carbocycles. The lowest BCUT2D eigenvalue weighted by Gasteiger charge is -2.20. The molecular weight excluding hydrogens is 245 g/mol. The normalized spacial score (nSPS) is 13.7. The smallest absolute Gasteiger partial charge is 0.261 e. The van der Waals surface area contributed by atoms with Gasteiger partial charge in [0.05, 0.1) is 0 Å². The number of benzene rings is 1. The molecule has 1 aromatic rings. The first-order valence-corrected chi connectivity index (χ1v) is 6.79. The number of ether oxygens (including phenoxy) is 1. The molecule has 0 unspecified atom stereocenters. The van der Waals surface area contributed by atoms with Crippen molar-refractivity contribution in [2.75, 3.05) is 0 Å². The molecule has 0 aliphatic rings. The molecule has 0 fully saturated rings. The van der Waals surface area contributed by atoms with Gasteiger partial charge < -0.3 is 10.1 Å². The lowest BCUT2D eigenvalue weighted by Crippen LogP contribution is -2.42. The fraction of sp³-hybridized carbons (Fsp3) is 0.533. The van der Waals surface area contributed by atoms with Gasteiger partial charge in [-0.15, -0.1) is 0 Å². The van der Waals surface area contributed by atoms with Crippen LogP contribution in [0.25, 0.3) is 0 Å². The molecule has 0 aliphatic heterocycles. The van der Waals surface area contributed by atoms with Crippen molar-refractivity contribution in [3.05, 3.63) is 30.1 Å². The van der Waals surface area contributed by atoms with E-state index in [4.69, 9.17) is 4.74 Å². The lowest BCUT2D eigenvalue weighted by molar-refractivity contribution is -0.128.